The van der Waals surface area contributed by atoms with E-state index in [1.807, 2.05) is 44.2 Å². The summed E-state index contributed by atoms with van der Waals surface area (Å²) < 4.78 is 3.00. The molecule has 0 bridgehead atoms. The van der Waals surface area contributed by atoms with Crippen LogP contribution in [-0.4, -0.2) is 12.5 Å². The molecule has 1 aromatic rings. The summed E-state index contributed by atoms with van der Waals surface area (Å²) in [6.07, 6.45) is 5.48. The lowest BCUT2D eigenvalue weighted by molar-refractivity contribution is 1.08. The Balaban J connectivity index is 2.99. The fraction of sp³-hybridized carbons (Fsp3) is 0.571. The molecular weight excluding hydrogens is 212 g/mol. The molecule has 0 saturated heterocycles. The van der Waals surface area contributed by atoms with Crippen LogP contribution in [0.15, 0.2) is 8.42 Å². The third-order valence-corrected chi connectivity index (χ3v) is 6.91. The lowest BCUT2D eigenvalue weighted by Gasteiger charge is -1.91. The van der Waals surface area contributed by atoms with E-state index in [4.69, 9.17) is 0 Å². The van der Waals surface area contributed by atoms with Gasteiger partial charge in [-0.1, -0.05) is 18.7 Å². The normalized spacial score (nSPS) is 10.5. The van der Waals surface area contributed by atoms with E-state index in [2.05, 4.69) is 19.4 Å². The first-order valence-corrected chi connectivity index (χ1v) is 7.96. The summed E-state index contributed by atoms with van der Waals surface area (Å²) in [4.78, 5) is 0. The summed E-state index contributed by atoms with van der Waals surface area (Å²) in [5, 5.41) is 0. The molecule has 0 aliphatic rings. The van der Waals surface area contributed by atoms with E-state index in [-0.39, 0.29) is 0 Å². The van der Waals surface area contributed by atoms with Gasteiger partial charge in [-0.2, -0.15) is 0 Å². The summed E-state index contributed by atoms with van der Waals surface area (Å²) in [7, 11) is 3.82. The molecular formula is C7H11S4+. The predicted molar refractivity (Wildman–Crippen MR) is 59.5 cm³/mol. The number of rotatable bonds is 3. The standard InChI is InChI=1S/C7H11S4/c1-4-5-6(8-2)10-11-7(5)9-3/h4H2,1-3H3/q+1. The maximum Gasteiger partial charge on any atom is 0.308 e. The Morgan fingerprint density at radius 3 is 2.55 bits per heavy atom. The Labute approximate surface area is 83.8 Å². The molecule has 0 saturated carbocycles. The van der Waals surface area contributed by atoms with Crippen molar-refractivity contribution in [3.63, 3.8) is 0 Å². The van der Waals surface area contributed by atoms with Gasteiger partial charge >= 0.3 is 10.3 Å². The lowest BCUT2D eigenvalue weighted by Crippen LogP contribution is -1.78. The highest BCUT2D eigenvalue weighted by molar-refractivity contribution is 8.05. The van der Waals surface area contributed by atoms with E-state index in [0.717, 1.165) is 0 Å². The quantitative estimate of drug-likeness (QED) is 0.430. The highest BCUT2D eigenvalue weighted by Crippen LogP contribution is 2.40. The zero-order valence-electron chi connectivity index (χ0n) is 6.84. The highest BCUT2D eigenvalue weighted by atomic mass is 32.9. The van der Waals surface area contributed by atoms with E-state index >= 15 is 0 Å². The van der Waals surface area contributed by atoms with Crippen LogP contribution in [0.1, 0.15) is 12.5 Å². The van der Waals surface area contributed by atoms with E-state index in [1.165, 1.54) is 14.8 Å². The van der Waals surface area contributed by atoms with Gasteiger partial charge in [0.1, 0.15) is 4.21 Å². The van der Waals surface area contributed by atoms with E-state index < -0.39 is 0 Å². The van der Waals surface area contributed by atoms with Gasteiger partial charge in [0.25, 0.3) is 4.21 Å². The van der Waals surface area contributed by atoms with Crippen LogP contribution in [-0.2, 0) is 6.42 Å². The highest BCUT2D eigenvalue weighted by Gasteiger charge is 2.20. The maximum absolute atomic E-state index is 2.23. The fourth-order valence-electron chi connectivity index (χ4n) is 0.863. The first kappa shape index (κ1) is 9.84. The smallest absolute Gasteiger partial charge is 0.114 e. The molecule has 0 N–H and O–H groups in total. The predicted octanol–water partition coefficient (Wildman–Crippen LogP) is 4.10. The molecule has 0 amide bonds. The van der Waals surface area contributed by atoms with E-state index in [9.17, 15) is 0 Å². The molecule has 0 aromatic carbocycles. The largest absolute Gasteiger partial charge is 0.308 e. The van der Waals surface area contributed by atoms with Crippen molar-refractivity contribution < 1.29 is 0 Å². The molecule has 0 spiro atoms. The monoisotopic (exact) mass is 223 g/mol. The van der Waals surface area contributed by atoms with Crippen molar-refractivity contribution in [3.05, 3.63) is 5.56 Å². The third kappa shape index (κ3) is 2.11. The summed E-state index contributed by atoms with van der Waals surface area (Å²) in [6.45, 7) is 2.23. The van der Waals surface area contributed by atoms with Gasteiger partial charge in [-0.15, -0.1) is 11.8 Å². The second-order valence-electron chi connectivity index (χ2n) is 1.98. The number of thioether (sulfide) groups is 2. The van der Waals surface area contributed by atoms with Crippen molar-refractivity contribution in [1.29, 1.82) is 0 Å². The van der Waals surface area contributed by atoms with Gasteiger partial charge in [-0.3, -0.25) is 0 Å². The van der Waals surface area contributed by atoms with Crippen molar-refractivity contribution in [2.45, 2.75) is 21.8 Å². The van der Waals surface area contributed by atoms with Gasteiger partial charge in [-0.05, 0) is 18.9 Å². The van der Waals surface area contributed by atoms with Gasteiger partial charge in [-0.25, -0.2) is 0 Å². The molecule has 0 atom stereocenters. The Kier molecular flexibility index (Phi) is 4.20. The molecule has 1 heterocycles. The van der Waals surface area contributed by atoms with Crippen molar-refractivity contribution in [2.24, 2.45) is 0 Å². The van der Waals surface area contributed by atoms with Crippen LogP contribution in [0, 0.1) is 0 Å². The van der Waals surface area contributed by atoms with Gasteiger partial charge < -0.3 is 0 Å². The van der Waals surface area contributed by atoms with Gasteiger partial charge in [0, 0.05) is 0 Å². The minimum absolute atomic E-state index is 1.17. The van der Waals surface area contributed by atoms with Gasteiger partial charge in [0.2, 0.25) is 0 Å². The van der Waals surface area contributed by atoms with Crippen molar-refractivity contribution >= 4 is 44.2 Å². The lowest BCUT2D eigenvalue weighted by atomic mass is 10.3. The van der Waals surface area contributed by atoms with Crippen LogP contribution < -0.4 is 0 Å². The van der Waals surface area contributed by atoms with Crippen LogP contribution in [0.4, 0.5) is 0 Å². The Morgan fingerprint density at radius 2 is 2.09 bits per heavy atom. The minimum atomic E-state index is 1.17. The third-order valence-electron chi connectivity index (χ3n) is 1.41. The topological polar surface area (TPSA) is 0 Å². The summed E-state index contributed by atoms with van der Waals surface area (Å²) in [5.41, 5.74) is 1.56. The molecule has 0 aliphatic carbocycles. The van der Waals surface area contributed by atoms with Crippen LogP contribution >= 0.6 is 44.2 Å². The molecule has 4 heteroatoms. The molecule has 1 aromatic heterocycles. The van der Waals surface area contributed by atoms with Crippen molar-refractivity contribution in [3.8, 4) is 0 Å². The number of hydrogen-bond donors (Lipinski definition) is 0. The first-order chi connectivity index (χ1) is 5.33. The van der Waals surface area contributed by atoms with Crippen LogP contribution in [0.2, 0.25) is 0 Å². The van der Waals surface area contributed by atoms with Crippen LogP contribution in [0.5, 0.6) is 0 Å². The summed E-state index contributed by atoms with van der Waals surface area (Å²) >= 11 is 3.74. The van der Waals surface area contributed by atoms with Crippen molar-refractivity contribution in [1.82, 2.24) is 0 Å². The molecule has 0 aliphatic heterocycles. The van der Waals surface area contributed by atoms with Gasteiger partial charge in [0.15, 0.2) is 10.3 Å². The average Bonchev–Trinajstić information content (AvgIpc) is 2.45. The van der Waals surface area contributed by atoms with E-state index in [1.54, 1.807) is 5.56 Å². The summed E-state index contributed by atoms with van der Waals surface area (Å²) in [5.74, 6) is 0. The second-order valence-corrected chi connectivity index (χ2v) is 6.28. The van der Waals surface area contributed by atoms with Gasteiger partial charge in [0.05, 0.1) is 5.56 Å². The van der Waals surface area contributed by atoms with E-state index in [0.29, 0.717) is 0 Å². The van der Waals surface area contributed by atoms with Crippen LogP contribution in [0.25, 0.3) is 0 Å². The maximum atomic E-state index is 2.23. The molecule has 1 rings (SSSR count). The molecule has 0 radical (unpaired) electrons. The zero-order chi connectivity index (χ0) is 8.27. The Hall–Kier alpha value is 0.750. The molecule has 62 valence electrons. The average molecular weight is 223 g/mol. The second kappa shape index (κ2) is 4.70. The Morgan fingerprint density at radius 1 is 1.36 bits per heavy atom. The molecule has 0 fully saturated rings. The zero-order valence-corrected chi connectivity index (χ0v) is 10.1. The SMILES string of the molecule is CCc1c(SC)s[s+]c1SC. The van der Waals surface area contributed by atoms with Crippen molar-refractivity contribution in [2.75, 3.05) is 12.5 Å². The minimum Gasteiger partial charge on any atom is -0.114 e. The van der Waals surface area contributed by atoms with Crippen LogP contribution in [0.3, 0.4) is 0 Å². The number of hydrogen-bond acceptors (Lipinski definition) is 3. The Bertz CT molecular complexity index is 207. The molecule has 0 nitrogen and oxygen atoms in total. The summed E-state index contributed by atoms with van der Waals surface area (Å²) in [6, 6.07) is 0. The fourth-order valence-corrected chi connectivity index (χ4v) is 6.39. The molecule has 11 heavy (non-hydrogen) atoms. The molecule has 0 unspecified atom stereocenters. The first-order valence-electron chi connectivity index (χ1n) is 3.36.